The number of methoxy groups -OCH3 is 1. The lowest BCUT2D eigenvalue weighted by Gasteiger charge is -2.67. The largest absolute Gasteiger partial charge is 0.467 e. The van der Waals surface area contributed by atoms with Crippen LogP contribution in [0.2, 0.25) is 0 Å². The zero-order valence-corrected chi connectivity index (χ0v) is 27.6. The van der Waals surface area contributed by atoms with Crippen molar-refractivity contribution < 1.29 is 83.3 Å². The summed E-state index contributed by atoms with van der Waals surface area (Å²) in [5, 5.41) is 74.9. The number of carbonyl (C=O) groups is 4. The van der Waals surface area contributed by atoms with E-state index in [1.165, 1.54) is 19.9 Å². The Morgan fingerprint density at radius 2 is 1.71 bits per heavy atom. The number of hydrogen-bond acceptors (Lipinski definition) is 17. The Hall–Kier alpha value is -2.74. The highest BCUT2D eigenvalue weighted by Crippen LogP contribution is 2.72. The predicted octanol–water partition coefficient (Wildman–Crippen LogP) is -3.17. The second kappa shape index (κ2) is 11.9. The van der Waals surface area contributed by atoms with Gasteiger partial charge in [0.05, 0.1) is 44.4 Å². The van der Waals surface area contributed by atoms with Crippen LogP contribution in [0.25, 0.3) is 0 Å². The van der Waals surface area contributed by atoms with Gasteiger partial charge in [-0.25, -0.2) is 9.59 Å². The quantitative estimate of drug-likeness (QED) is 0.102. The molecule has 17 nitrogen and oxygen atoms in total. The lowest BCUT2D eigenvalue weighted by Crippen LogP contribution is -2.79. The average molecular weight is 701 g/mol. The Balaban J connectivity index is 1.47. The Kier molecular flexibility index (Phi) is 8.77. The van der Waals surface area contributed by atoms with Gasteiger partial charge in [0.15, 0.2) is 11.5 Å². The summed E-state index contributed by atoms with van der Waals surface area (Å²) in [6.07, 6.45) is -14.2. The second-order valence-corrected chi connectivity index (χ2v) is 15.1. The molecule has 0 radical (unpaired) electrons. The fourth-order valence-electron chi connectivity index (χ4n) is 9.71. The molecule has 0 amide bonds. The number of carbonyl (C=O) groups excluding carboxylic acids is 4. The molecule has 0 unspecified atom stereocenters. The van der Waals surface area contributed by atoms with Gasteiger partial charge >= 0.3 is 17.9 Å². The van der Waals surface area contributed by atoms with E-state index in [1.807, 2.05) is 0 Å². The minimum absolute atomic E-state index is 0.0136. The highest BCUT2D eigenvalue weighted by atomic mass is 16.7. The molecule has 6 aliphatic rings. The van der Waals surface area contributed by atoms with Gasteiger partial charge in [0, 0.05) is 17.3 Å². The van der Waals surface area contributed by atoms with Crippen LogP contribution < -0.4 is 0 Å². The van der Waals surface area contributed by atoms with Crippen molar-refractivity contribution in [3.63, 3.8) is 0 Å². The lowest BCUT2D eigenvalue weighted by molar-refractivity contribution is -0.296. The first-order chi connectivity index (χ1) is 22.8. The van der Waals surface area contributed by atoms with Gasteiger partial charge in [-0.2, -0.15) is 0 Å². The predicted molar refractivity (Wildman–Crippen MR) is 156 cm³/mol. The number of ketones is 1. The third-order valence-electron chi connectivity index (χ3n) is 11.7. The summed E-state index contributed by atoms with van der Waals surface area (Å²) in [4.78, 5) is 54.1. The van der Waals surface area contributed by atoms with Gasteiger partial charge in [0.2, 0.25) is 18.0 Å². The van der Waals surface area contributed by atoms with Crippen molar-refractivity contribution in [2.75, 3.05) is 20.3 Å². The standard InChI is InChI=1S/C32H44O17/c1-11-12-6-15-31-10-45-32(28(42)44-5,24(31)22(26(41)48-15)49-16(34)8-29(2,3)43)25(40)21(39)23(31)30(12,4)7-13(17(11)35)46-27-20(38)19(37)18(36)14(9-33)47-27/h7,11-12,14-15,18-25,27,33,36-40,43H,6,8-10H2,1-5H3/t11-,12-,14+,15+,18+,19-,20+,21+,22+,23+,24+,25-,27+,30-,31+,32-/m0/s1. The summed E-state index contributed by atoms with van der Waals surface area (Å²) in [5.41, 5.74) is -6.75. The topological polar surface area (TPSA) is 265 Å². The van der Waals surface area contributed by atoms with Crippen LogP contribution >= 0.6 is 0 Å². The molecule has 3 aliphatic heterocycles. The molecule has 1 spiro atoms. The number of Topliss-reactive ketones (excluding diaryl/α,β-unsaturated/α-hetero) is 1. The molecule has 0 aromatic rings. The highest BCUT2D eigenvalue weighted by molar-refractivity contribution is 5.96. The third-order valence-corrected chi connectivity index (χ3v) is 11.7. The molecule has 16 atom stereocenters. The van der Waals surface area contributed by atoms with Crippen LogP contribution in [0.3, 0.4) is 0 Å². The van der Waals surface area contributed by atoms with E-state index in [0.29, 0.717) is 0 Å². The Bertz CT molecular complexity index is 1420. The maximum Gasteiger partial charge on any atom is 0.348 e. The second-order valence-electron chi connectivity index (χ2n) is 15.1. The molecule has 17 heteroatoms. The normalized spacial score (nSPS) is 48.8. The smallest absolute Gasteiger partial charge is 0.348 e. The molecule has 3 heterocycles. The number of aliphatic hydroxyl groups is 7. The summed E-state index contributed by atoms with van der Waals surface area (Å²) >= 11 is 0. The molecule has 3 aliphatic carbocycles. The fraction of sp³-hybridized carbons (Fsp3) is 0.812. The van der Waals surface area contributed by atoms with Crippen LogP contribution in [0.5, 0.6) is 0 Å². The molecule has 274 valence electrons. The van der Waals surface area contributed by atoms with Crippen LogP contribution in [0, 0.1) is 34.5 Å². The Labute approximate surface area is 280 Å². The lowest BCUT2D eigenvalue weighted by atomic mass is 9.38. The zero-order valence-electron chi connectivity index (χ0n) is 27.6. The van der Waals surface area contributed by atoms with Crippen molar-refractivity contribution in [3.05, 3.63) is 11.8 Å². The molecule has 0 aromatic heterocycles. The molecule has 7 N–H and O–H groups in total. The van der Waals surface area contributed by atoms with Crippen LogP contribution in [0.1, 0.15) is 40.5 Å². The van der Waals surface area contributed by atoms with Gasteiger partial charge in [0.25, 0.3) is 0 Å². The molecule has 3 saturated heterocycles. The van der Waals surface area contributed by atoms with E-state index in [4.69, 9.17) is 28.4 Å². The zero-order chi connectivity index (χ0) is 36.2. The van der Waals surface area contributed by atoms with E-state index in [2.05, 4.69) is 0 Å². The van der Waals surface area contributed by atoms with Crippen molar-refractivity contribution in [1.82, 2.24) is 0 Å². The molecular weight excluding hydrogens is 656 g/mol. The van der Waals surface area contributed by atoms with Crippen molar-refractivity contribution >= 4 is 23.7 Å². The number of allylic oxidation sites excluding steroid dienone is 2. The molecule has 2 bridgehead atoms. The molecule has 49 heavy (non-hydrogen) atoms. The number of hydrogen-bond donors (Lipinski definition) is 7. The number of rotatable bonds is 7. The van der Waals surface area contributed by atoms with E-state index in [-0.39, 0.29) is 18.8 Å². The van der Waals surface area contributed by atoms with Gasteiger partial charge in [-0.3, -0.25) is 9.59 Å². The third kappa shape index (κ3) is 4.99. The SMILES string of the molecule is COC(=O)[C@@]12OC[C@]34[C@H]([C@@H](O)[C@@H]1O)[C@@]1(C)C=C(O[C@@H]5O[C@H](CO)[C@@H](O)[C@H](O)[C@H]5O)C(=O)[C@@H](C)[C@@H]1C[C@H]3OC(=O)[C@H](OC(=O)CC(C)(C)O)[C@@H]24. The average Bonchev–Trinajstić information content (AvgIpc) is 3.33. The number of aliphatic hydroxyl groups excluding tert-OH is 6. The van der Waals surface area contributed by atoms with Crippen LogP contribution in [0.4, 0.5) is 0 Å². The van der Waals surface area contributed by atoms with E-state index < -0.39 is 138 Å². The van der Waals surface area contributed by atoms with Crippen LogP contribution in [-0.4, -0.2) is 146 Å². The molecule has 5 fully saturated rings. The maximum absolute atomic E-state index is 13.8. The van der Waals surface area contributed by atoms with Gasteiger partial charge < -0.3 is 64.2 Å². The molecular formula is C32H44O17. The monoisotopic (exact) mass is 700 g/mol. The highest BCUT2D eigenvalue weighted by Gasteiger charge is 2.85. The van der Waals surface area contributed by atoms with Gasteiger partial charge in [-0.1, -0.05) is 13.8 Å². The first-order valence-electron chi connectivity index (χ1n) is 16.2. The number of ether oxygens (including phenoxy) is 6. The minimum Gasteiger partial charge on any atom is -0.467 e. The van der Waals surface area contributed by atoms with Crippen LogP contribution in [0.15, 0.2) is 11.8 Å². The van der Waals surface area contributed by atoms with E-state index >= 15 is 0 Å². The van der Waals surface area contributed by atoms with E-state index in [0.717, 1.165) is 7.11 Å². The number of fused-ring (bicyclic) bond motifs is 2. The van der Waals surface area contributed by atoms with Crippen LogP contribution in [-0.2, 0) is 47.6 Å². The summed E-state index contributed by atoms with van der Waals surface area (Å²) < 4.78 is 34.0. The molecule has 2 saturated carbocycles. The number of esters is 3. The van der Waals surface area contributed by atoms with Crippen molar-refractivity contribution in [3.8, 4) is 0 Å². The summed E-state index contributed by atoms with van der Waals surface area (Å²) in [6, 6.07) is 0. The summed E-state index contributed by atoms with van der Waals surface area (Å²) in [7, 11) is 1.03. The first-order valence-corrected chi connectivity index (χ1v) is 16.2. The first kappa shape index (κ1) is 36.1. The van der Waals surface area contributed by atoms with E-state index in [1.54, 1.807) is 13.8 Å². The van der Waals surface area contributed by atoms with Crippen molar-refractivity contribution in [1.29, 1.82) is 0 Å². The summed E-state index contributed by atoms with van der Waals surface area (Å²) in [5.74, 6) is -8.25. The minimum atomic E-state index is -2.39. The van der Waals surface area contributed by atoms with Gasteiger partial charge in [0.1, 0.15) is 36.6 Å². The van der Waals surface area contributed by atoms with E-state index in [9.17, 15) is 54.9 Å². The van der Waals surface area contributed by atoms with Crippen molar-refractivity contribution in [2.45, 2.75) is 107 Å². The Morgan fingerprint density at radius 1 is 1.04 bits per heavy atom. The van der Waals surface area contributed by atoms with Gasteiger partial charge in [-0.15, -0.1) is 0 Å². The summed E-state index contributed by atoms with van der Waals surface area (Å²) in [6.45, 7) is 4.87. The molecule has 0 aromatic carbocycles. The van der Waals surface area contributed by atoms with Gasteiger partial charge in [-0.05, 0) is 37.7 Å². The molecule has 6 rings (SSSR count). The Morgan fingerprint density at radius 3 is 2.33 bits per heavy atom. The maximum atomic E-state index is 13.8. The fourth-order valence-corrected chi connectivity index (χ4v) is 9.71. The van der Waals surface area contributed by atoms with Crippen molar-refractivity contribution in [2.24, 2.45) is 34.5 Å².